The molecule has 150 valence electrons. The van der Waals surface area contributed by atoms with Crippen molar-refractivity contribution in [1.29, 1.82) is 0 Å². The molecule has 1 aliphatic rings. The molecule has 0 aliphatic carbocycles. The molecule has 8 heteroatoms. The van der Waals surface area contributed by atoms with E-state index >= 15 is 0 Å². The first-order valence-corrected chi connectivity index (χ1v) is 9.28. The quantitative estimate of drug-likeness (QED) is 0.872. The van der Waals surface area contributed by atoms with Crippen LogP contribution in [-0.2, 0) is 0 Å². The maximum Gasteiger partial charge on any atom is 0.321 e. The number of carbonyl (C=O) groups excluding carboxylic acids is 2. The van der Waals surface area contributed by atoms with Gasteiger partial charge in [-0.3, -0.25) is 4.79 Å². The molecular weight excluding hydrogens is 360 g/mol. The van der Waals surface area contributed by atoms with Crippen LogP contribution in [0.2, 0.25) is 0 Å². The number of amides is 3. The summed E-state index contributed by atoms with van der Waals surface area (Å²) in [5.41, 5.74) is 1.09. The predicted molar refractivity (Wildman–Crippen MR) is 105 cm³/mol. The average molecular weight is 386 g/mol. The van der Waals surface area contributed by atoms with E-state index in [4.69, 9.17) is 9.15 Å². The average Bonchev–Trinajstić information content (AvgIpc) is 3.09. The summed E-state index contributed by atoms with van der Waals surface area (Å²) in [6.07, 6.45) is 1.48. The van der Waals surface area contributed by atoms with Crippen molar-refractivity contribution in [1.82, 2.24) is 14.8 Å². The van der Waals surface area contributed by atoms with Gasteiger partial charge in [-0.1, -0.05) is 0 Å². The van der Waals surface area contributed by atoms with Gasteiger partial charge in [-0.15, -0.1) is 0 Å². The third-order valence-corrected chi connectivity index (χ3v) is 4.89. The SMILES string of the molecule is COc1ccc(NC(=O)N2CCC(c3nc(C(=O)N(C)C)c(C)o3)CC2)cc1. The highest BCUT2D eigenvalue weighted by molar-refractivity contribution is 5.92. The number of aromatic nitrogens is 1. The summed E-state index contributed by atoms with van der Waals surface area (Å²) in [4.78, 5) is 32.3. The zero-order valence-electron chi connectivity index (χ0n) is 16.7. The number of benzene rings is 1. The first-order valence-electron chi connectivity index (χ1n) is 9.28. The lowest BCUT2D eigenvalue weighted by molar-refractivity contribution is 0.0821. The fourth-order valence-corrected chi connectivity index (χ4v) is 3.21. The molecule has 0 radical (unpaired) electrons. The van der Waals surface area contributed by atoms with Crippen LogP contribution in [0.5, 0.6) is 5.75 Å². The molecular formula is C20H26N4O4. The monoisotopic (exact) mass is 386 g/mol. The number of nitrogens with zero attached hydrogens (tertiary/aromatic N) is 3. The van der Waals surface area contributed by atoms with Crippen LogP contribution in [0.25, 0.3) is 0 Å². The van der Waals surface area contributed by atoms with E-state index in [0.717, 1.165) is 24.3 Å². The number of rotatable bonds is 4. The van der Waals surface area contributed by atoms with E-state index in [1.54, 1.807) is 45.2 Å². The molecule has 1 N–H and O–H groups in total. The highest BCUT2D eigenvalue weighted by Gasteiger charge is 2.29. The Morgan fingerprint density at radius 2 is 1.86 bits per heavy atom. The summed E-state index contributed by atoms with van der Waals surface area (Å²) in [7, 11) is 4.98. The summed E-state index contributed by atoms with van der Waals surface area (Å²) in [6, 6.07) is 7.10. The smallest absolute Gasteiger partial charge is 0.321 e. The third kappa shape index (κ3) is 4.27. The minimum Gasteiger partial charge on any atom is -0.497 e. The Morgan fingerprint density at radius 1 is 1.21 bits per heavy atom. The molecule has 28 heavy (non-hydrogen) atoms. The standard InChI is InChI=1S/C20H26N4O4/c1-13-17(19(25)23(2)3)22-18(28-13)14-9-11-24(12-10-14)20(26)21-15-5-7-16(27-4)8-6-15/h5-8,14H,9-12H2,1-4H3,(H,21,26). The maximum absolute atomic E-state index is 12.5. The number of urea groups is 1. The van der Waals surface area contributed by atoms with Gasteiger partial charge in [0.1, 0.15) is 11.5 Å². The maximum atomic E-state index is 12.5. The second-order valence-electron chi connectivity index (χ2n) is 7.08. The summed E-state index contributed by atoms with van der Waals surface area (Å²) >= 11 is 0. The van der Waals surface area contributed by atoms with Crippen LogP contribution in [-0.4, -0.2) is 61.0 Å². The summed E-state index contributed by atoms with van der Waals surface area (Å²) in [5, 5.41) is 2.90. The Kier molecular flexibility index (Phi) is 5.87. The highest BCUT2D eigenvalue weighted by Crippen LogP contribution is 2.29. The lowest BCUT2D eigenvalue weighted by atomic mass is 9.97. The first-order chi connectivity index (χ1) is 13.4. The number of oxazole rings is 1. The number of hydrogen-bond donors (Lipinski definition) is 1. The minimum atomic E-state index is -0.163. The zero-order chi connectivity index (χ0) is 20.3. The van der Waals surface area contributed by atoms with Crippen LogP contribution in [0, 0.1) is 6.92 Å². The number of likely N-dealkylation sites (tertiary alicyclic amines) is 1. The second-order valence-corrected chi connectivity index (χ2v) is 7.08. The largest absolute Gasteiger partial charge is 0.497 e. The van der Waals surface area contributed by atoms with E-state index in [0.29, 0.717) is 30.4 Å². The molecule has 0 unspecified atom stereocenters. The molecule has 8 nitrogen and oxygen atoms in total. The molecule has 1 saturated heterocycles. The van der Waals surface area contributed by atoms with Gasteiger partial charge in [-0.2, -0.15) is 0 Å². The number of hydrogen-bond acceptors (Lipinski definition) is 5. The van der Waals surface area contributed by atoms with Crippen molar-refractivity contribution in [2.45, 2.75) is 25.7 Å². The molecule has 1 fully saturated rings. The van der Waals surface area contributed by atoms with Gasteiger partial charge < -0.3 is 24.3 Å². The van der Waals surface area contributed by atoms with Gasteiger partial charge in [0, 0.05) is 38.8 Å². The van der Waals surface area contributed by atoms with Gasteiger partial charge in [0.2, 0.25) is 0 Å². The van der Waals surface area contributed by atoms with Crippen LogP contribution in [0.15, 0.2) is 28.7 Å². The van der Waals surface area contributed by atoms with E-state index in [2.05, 4.69) is 10.3 Å². The molecule has 2 aromatic rings. The zero-order valence-corrected chi connectivity index (χ0v) is 16.7. The van der Waals surface area contributed by atoms with Crippen LogP contribution < -0.4 is 10.1 Å². The number of piperidine rings is 1. The topological polar surface area (TPSA) is 87.9 Å². The van der Waals surface area contributed by atoms with Gasteiger partial charge in [0.25, 0.3) is 5.91 Å². The molecule has 1 aliphatic heterocycles. The normalized spacial score (nSPS) is 14.6. The van der Waals surface area contributed by atoms with Crippen molar-refractivity contribution in [2.24, 2.45) is 0 Å². The minimum absolute atomic E-state index is 0.104. The van der Waals surface area contributed by atoms with E-state index < -0.39 is 0 Å². The Labute approximate surface area is 164 Å². The lowest BCUT2D eigenvalue weighted by Gasteiger charge is -2.30. The van der Waals surface area contributed by atoms with Crippen LogP contribution in [0.1, 0.15) is 40.9 Å². The fraction of sp³-hybridized carbons (Fsp3) is 0.450. The molecule has 0 saturated carbocycles. The molecule has 0 bridgehead atoms. The van der Waals surface area contributed by atoms with E-state index in [1.165, 1.54) is 4.90 Å². The number of aryl methyl sites for hydroxylation is 1. The van der Waals surface area contributed by atoms with E-state index in [1.807, 2.05) is 12.1 Å². The van der Waals surface area contributed by atoms with Gasteiger partial charge in [-0.25, -0.2) is 9.78 Å². The fourth-order valence-electron chi connectivity index (χ4n) is 3.21. The molecule has 0 atom stereocenters. The number of ether oxygens (including phenoxy) is 1. The van der Waals surface area contributed by atoms with Crippen molar-refractivity contribution in [2.75, 3.05) is 39.6 Å². The molecule has 3 rings (SSSR count). The van der Waals surface area contributed by atoms with Crippen LogP contribution in [0.3, 0.4) is 0 Å². The Balaban J connectivity index is 1.57. The Morgan fingerprint density at radius 3 is 2.43 bits per heavy atom. The number of anilines is 1. The number of carbonyl (C=O) groups is 2. The molecule has 1 aromatic heterocycles. The van der Waals surface area contributed by atoms with Crippen molar-refractivity contribution < 1.29 is 18.7 Å². The third-order valence-electron chi connectivity index (χ3n) is 4.89. The van der Waals surface area contributed by atoms with E-state index in [9.17, 15) is 9.59 Å². The Bertz CT molecular complexity index is 836. The van der Waals surface area contributed by atoms with Crippen molar-refractivity contribution in [3.8, 4) is 5.75 Å². The first kappa shape index (κ1) is 19.7. The molecule has 1 aromatic carbocycles. The van der Waals surface area contributed by atoms with E-state index in [-0.39, 0.29) is 17.9 Å². The van der Waals surface area contributed by atoms with Crippen LogP contribution in [0.4, 0.5) is 10.5 Å². The highest BCUT2D eigenvalue weighted by atomic mass is 16.5. The van der Waals surface area contributed by atoms with Gasteiger partial charge >= 0.3 is 6.03 Å². The summed E-state index contributed by atoms with van der Waals surface area (Å²) in [5.74, 6) is 1.80. The van der Waals surface area contributed by atoms with Crippen molar-refractivity contribution in [3.05, 3.63) is 41.6 Å². The lowest BCUT2D eigenvalue weighted by Crippen LogP contribution is -2.40. The molecule has 2 heterocycles. The summed E-state index contributed by atoms with van der Waals surface area (Å²) in [6.45, 7) is 2.96. The second kappa shape index (κ2) is 8.33. The summed E-state index contributed by atoms with van der Waals surface area (Å²) < 4.78 is 10.9. The van der Waals surface area contributed by atoms with Crippen LogP contribution >= 0.6 is 0 Å². The van der Waals surface area contributed by atoms with Gasteiger partial charge in [0.15, 0.2) is 11.6 Å². The molecule has 3 amide bonds. The Hall–Kier alpha value is -3.03. The van der Waals surface area contributed by atoms with Gasteiger partial charge in [0.05, 0.1) is 7.11 Å². The molecule has 0 spiro atoms. The predicted octanol–water partition coefficient (Wildman–Crippen LogP) is 3.10. The number of methoxy groups -OCH3 is 1. The number of nitrogens with one attached hydrogen (secondary N) is 1. The van der Waals surface area contributed by atoms with Crippen molar-refractivity contribution in [3.63, 3.8) is 0 Å². The van der Waals surface area contributed by atoms with Gasteiger partial charge in [-0.05, 0) is 44.0 Å². The van der Waals surface area contributed by atoms with Crippen molar-refractivity contribution >= 4 is 17.6 Å².